The van der Waals surface area contributed by atoms with E-state index in [9.17, 15) is 4.39 Å². The number of benzene rings is 1. The van der Waals surface area contributed by atoms with Crippen molar-refractivity contribution < 1.29 is 4.39 Å². The van der Waals surface area contributed by atoms with Gasteiger partial charge in [0.05, 0.1) is 0 Å². The molecule has 2 nitrogen and oxygen atoms in total. The Morgan fingerprint density at radius 2 is 2.06 bits per heavy atom. The lowest BCUT2D eigenvalue weighted by atomic mass is 9.86. The Bertz CT molecular complexity index is 364. The van der Waals surface area contributed by atoms with Crippen molar-refractivity contribution in [3.8, 4) is 0 Å². The van der Waals surface area contributed by atoms with Gasteiger partial charge in [-0.05, 0) is 50.0 Å². The van der Waals surface area contributed by atoms with Crippen molar-refractivity contribution in [2.75, 3.05) is 13.1 Å². The zero-order chi connectivity index (χ0) is 11.5. The molecule has 16 heavy (non-hydrogen) atoms. The number of piperidine rings is 1. The molecule has 1 atom stereocenters. The Labute approximate surface area is 100.0 Å². The first-order valence-electron chi connectivity index (χ1n) is 5.59. The normalized spacial score (nSPS) is 19.7. The van der Waals surface area contributed by atoms with Crippen molar-refractivity contribution in [1.82, 2.24) is 5.32 Å². The third-order valence-corrected chi connectivity index (χ3v) is 3.44. The highest BCUT2D eigenvalue weighted by Crippen LogP contribution is 2.29. The Hall–Kier alpha value is -0.640. The van der Waals surface area contributed by atoms with Crippen LogP contribution in [-0.2, 0) is 0 Å². The van der Waals surface area contributed by atoms with Gasteiger partial charge in [-0.3, -0.25) is 0 Å². The summed E-state index contributed by atoms with van der Waals surface area (Å²) in [5, 5.41) is 3.81. The lowest BCUT2D eigenvalue weighted by Crippen LogP contribution is -2.34. The van der Waals surface area contributed by atoms with Crippen molar-refractivity contribution in [3.63, 3.8) is 0 Å². The van der Waals surface area contributed by atoms with E-state index in [-0.39, 0.29) is 11.9 Å². The van der Waals surface area contributed by atoms with E-state index < -0.39 is 0 Å². The van der Waals surface area contributed by atoms with Crippen LogP contribution in [0.4, 0.5) is 4.39 Å². The quantitative estimate of drug-likeness (QED) is 0.836. The molecule has 1 saturated heterocycles. The number of rotatable bonds is 2. The molecule has 88 valence electrons. The van der Waals surface area contributed by atoms with Crippen molar-refractivity contribution in [3.05, 3.63) is 34.6 Å². The van der Waals surface area contributed by atoms with E-state index in [1.54, 1.807) is 12.1 Å². The molecule has 4 heteroatoms. The number of hydrogen-bond acceptors (Lipinski definition) is 2. The van der Waals surface area contributed by atoms with Crippen LogP contribution in [0, 0.1) is 11.7 Å². The minimum Gasteiger partial charge on any atom is -0.324 e. The van der Waals surface area contributed by atoms with Crippen LogP contribution in [0.5, 0.6) is 0 Å². The molecular formula is C12H16ClFN2. The molecule has 0 spiro atoms. The third kappa shape index (κ3) is 2.54. The number of nitrogens with one attached hydrogen (secondary N) is 1. The second-order valence-corrected chi connectivity index (χ2v) is 4.72. The van der Waals surface area contributed by atoms with Gasteiger partial charge >= 0.3 is 0 Å². The maximum absolute atomic E-state index is 13.6. The molecule has 0 amide bonds. The fraction of sp³-hybridized carbons (Fsp3) is 0.500. The second kappa shape index (κ2) is 5.13. The number of halogens is 2. The van der Waals surface area contributed by atoms with E-state index in [1.807, 2.05) is 0 Å². The molecule has 0 aliphatic carbocycles. The molecule has 3 N–H and O–H groups in total. The SMILES string of the molecule is N[C@@H](c1cc(Cl)ccc1F)C1CCNCC1. The van der Waals surface area contributed by atoms with Gasteiger partial charge in [0.25, 0.3) is 0 Å². The minimum atomic E-state index is -0.254. The van der Waals surface area contributed by atoms with E-state index in [4.69, 9.17) is 17.3 Å². The van der Waals surface area contributed by atoms with Gasteiger partial charge in [-0.25, -0.2) is 4.39 Å². The fourth-order valence-electron chi connectivity index (χ4n) is 2.23. The summed E-state index contributed by atoms with van der Waals surface area (Å²) in [6.45, 7) is 1.92. The van der Waals surface area contributed by atoms with Gasteiger partial charge in [0.15, 0.2) is 0 Å². The zero-order valence-electron chi connectivity index (χ0n) is 9.05. The summed E-state index contributed by atoms with van der Waals surface area (Å²) >= 11 is 5.87. The summed E-state index contributed by atoms with van der Waals surface area (Å²) in [7, 11) is 0. The molecule has 1 fully saturated rings. The lowest BCUT2D eigenvalue weighted by molar-refractivity contribution is 0.317. The number of hydrogen-bond donors (Lipinski definition) is 2. The summed E-state index contributed by atoms with van der Waals surface area (Å²) in [5.41, 5.74) is 6.65. The molecular weight excluding hydrogens is 227 g/mol. The van der Waals surface area contributed by atoms with Crippen LogP contribution in [-0.4, -0.2) is 13.1 Å². The zero-order valence-corrected chi connectivity index (χ0v) is 9.80. The molecule has 0 saturated carbocycles. The highest BCUT2D eigenvalue weighted by atomic mass is 35.5. The first-order valence-corrected chi connectivity index (χ1v) is 5.97. The molecule has 1 heterocycles. The van der Waals surface area contributed by atoms with Gasteiger partial charge in [0.1, 0.15) is 5.82 Å². The van der Waals surface area contributed by atoms with E-state index in [1.165, 1.54) is 6.07 Å². The summed E-state index contributed by atoms with van der Waals surface area (Å²) in [6, 6.07) is 4.33. The summed E-state index contributed by atoms with van der Waals surface area (Å²) in [5.74, 6) is 0.0876. The minimum absolute atomic E-state index is 0.249. The average Bonchev–Trinajstić information content (AvgIpc) is 2.32. The van der Waals surface area contributed by atoms with Crippen molar-refractivity contribution >= 4 is 11.6 Å². The molecule has 2 rings (SSSR count). The Kier molecular flexibility index (Phi) is 3.79. The summed E-state index contributed by atoms with van der Waals surface area (Å²) in [4.78, 5) is 0. The topological polar surface area (TPSA) is 38.0 Å². The Morgan fingerprint density at radius 3 is 2.75 bits per heavy atom. The van der Waals surface area contributed by atoms with Crippen LogP contribution in [0.15, 0.2) is 18.2 Å². The van der Waals surface area contributed by atoms with Gasteiger partial charge in [-0.1, -0.05) is 11.6 Å². The smallest absolute Gasteiger partial charge is 0.128 e. The standard InChI is InChI=1S/C12H16ClFN2/c13-9-1-2-11(14)10(7-9)12(15)8-3-5-16-6-4-8/h1-2,7-8,12,16H,3-6,15H2/t12-/m1/s1. The van der Waals surface area contributed by atoms with Crippen LogP contribution in [0.25, 0.3) is 0 Å². The van der Waals surface area contributed by atoms with Crippen LogP contribution < -0.4 is 11.1 Å². The number of nitrogens with two attached hydrogens (primary N) is 1. The predicted molar refractivity (Wildman–Crippen MR) is 63.9 cm³/mol. The highest BCUT2D eigenvalue weighted by Gasteiger charge is 2.23. The van der Waals surface area contributed by atoms with Crippen molar-refractivity contribution in [2.45, 2.75) is 18.9 Å². The van der Waals surface area contributed by atoms with Gasteiger partial charge in [-0.2, -0.15) is 0 Å². The fourth-order valence-corrected chi connectivity index (χ4v) is 2.41. The Morgan fingerprint density at radius 1 is 1.38 bits per heavy atom. The largest absolute Gasteiger partial charge is 0.324 e. The van der Waals surface area contributed by atoms with E-state index in [0.29, 0.717) is 16.5 Å². The van der Waals surface area contributed by atoms with Crippen LogP contribution in [0.3, 0.4) is 0 Å². The third-order valence-electron chi connectivity index (χ3n) is 3.21. The highest BCUT2D eigenvalue weighted by molar-refractivity contribution is 6.30. The predicted octanol–water partition coefficient (Wildman–Crippen LogP) is 2.48. The van der Waals surface area contributed by atoms with Crippen LogP contribution >= 0.6 is 11.6 Å². The molecule has 0 aromatic heterocycles. The van der Waals surface area contributed by atoms with Crippen LogP contribution in [0.2, 0.25) is 5.02 Å². The molecule has 1 aliphatic rings. The van der Waals surface area contributed by atoms with E-state index in [2.05, 4.69) is 5.32 Å². The maximum Gasteiger partial charge on any atom is 0.128 e. The lowest BCUT2D eigenvalue weighted by Gasteiger charge is -2.28. The first-order chi connectivity index (χ1) is 7.68. The summed E-state index contributed by atoms with van der Waals surface area (Å²) in [6.07, 6.45) is 1.99. The maximum atomic E-state index is 13.6. The molecule has 1 aromatic rings. The molecule has 0 unspecified atom stereocenters. The van der Waals surface area contributed by atoms with Crippen molar-refractivity contribution in [1.29, 1.82) is 0 Å². The van der Waals surface area contributed by atoms with Gasteiger partial charge < -0.3 is 11.1 Å². The average molecular weight is 243 g/mol. The van der Waals surface area contributed by atoms with E-state index >= 15 is 0 Å². The second-order valence-electron chi connectivity index (χ2n) is 4.28. The van der Waals surface area contributed by atoms with E-state index in [0.717, 1.165) is 25.9 Å². The molecule has 1 aromatic carbocycles. The van der Waals surface area contributed by atoms with Gasteiger partial charge in [0.2, 0.25) is 0 Å². The monoisotopic (exact) mass is 242 g/mol. The first kappa shape index (κ1) is 11.8. The van der Waals surface area contributed by atoms with Gasteiger partial charge in [-0.15, -0.1) is 0 Å². The van der Waals surface area contributed by atoms with Gasteiger partial charge in [0, 0.05) is 16.6 Å². The Balaban J connectivity index is 2.18. The van der Waals surface area contributed by atoms with Crippen molar-refractivity contribution in [2.24, 2.45) is 11.7 Å². The molecule has 0 radical (unpaired) electrons. The molecule has 0 bridgehead atoms. The van der Waals surface area contributed by atoms with Crippen LogP contribution in [0.1, 0.15) is 24.4 Å². The molecule has 1 aliphatic heterocycles. The summed E-state index contributed by atoms with van der Waals surface area (Å²) < 4.78 is 13.6.